The van der Waals surface area contributed by atoms with Gasteiger partial charge in [0.25, 0.3) is 15.9 Å². The summed E-state index contributed by atoms with van der Waals surface area (Å²) in [7, 11) is -2.19. The molecule has 0 heterocycles. The average Bonchev–Trinajstić information content (AvgIpc) is 2.47. The maximum Gasteiger partial charge on any atom is 0.261 e. The quantitative estimate of drug-likeness (QED) is 0.907. The third-order valence-electron chi connectivity index (χ3n) is 2.75. The van der Waals surface area contributed by atoms with Gasteiger partial charge in [0.2, 0.25) is 0 Å². The Bertz CT molecular complexity index is 761. The number of amides is 1. The zero-order valence-electron chi connectivity index (χ0n) is 11.1. The molecule has 0 aliphatic heterocycles. The van der Waals surface area contributed by atoms with Crippen LogP contribution in [0, 0.1) is 0 Å². The molecule has 2 rings (SSSR count). The summed E-state index contributed by atoms with van der Waals surface area (Å²) in [4.78, 5) is 11.7. The van der Waals surface area contributed by atoms with Gasteiger partial charge in [-0.05, 0) is 30.3 Å². The lowest BCUT2D eigenvalue weighted by Gasteiger charge is -2.10. The molecular formula is C14H13ClN2O3S. The Kier molecular flexibility index (Phi) is 4.50. The van der Waals surface area contributed by atoms with E-state index in [1.807, 2.05) is 0 Å². The second kappa shape index (κ2) is 6.15. The molecule has 2 aromatic rings. The van der Waals surface area contributed by atoms with E-state index in [2.05, 4.69) is 10.0 Å². The van der Waals surface area contributed by atoms with Gasteiger partial charge in [0.05, 0.1) is 21.2 Å². The van der Waals surface area contributed by atoms with Crippen LogP contribution in [0.3, 0.4) is 0 Å². The van der Waals surface area contributed by atoms with Crippen LogP contribution < -0.4 is 10.0 Å². The van der Waals surface area contributed by atoms with E-state index in [9.17, 15) is 13.2 Å². The Morgan fingerprint density at radius 1 is 1.10 bits per heavy atom. The lowest BCUT2D eigenvalue weighted by atomic mass is 10.2. The predicted molar refractivity (Wildman–Crippen MR) is 82.1 cm³/mol. The van der Waals surface area contributed by atoms with Gasteiger partial charge < -0.3 is 5.32 Å². The topological polar surface area (TPSA) is 75.3 Å². The Labute approximate surface area is 128 Å². The number of hydrogen-bond acceptors (Lipinski definition) is 3. The van der Waals surface area contributed by atoms with E-state index in [4.69, 9.17) is 11.6 Å². The lowest BCUT2D eigenvalue weighted by Crippen LogP contribution is -2.18. The van der Waals surface area contributed by atoms with Crippen molar-refractivity contribution in [3.63, 3.8) is 0 Å². The van der Waals surface area contributed by atoms with E-state index in [1.54, 1.807) is 18.2 Å². The first kappa shape index (κ1) is 15.3. The Hall–Kier alpha value is -2.05. The number of benzene rings is 2. The third kappa shape index (κ3) is 3.53. The summed E-state index contributed by atoms with van der Waals surface area (Å²) in [5, 5.41) is 2.62. The van der Waals surface area contributed by atoms with Gasteiger partial charge in [-0.2, -0.15) is 0 Å². The van der Waals surface area contributed by atoms with Gasteiger partial charge in [-0.15, -0.1) is 0 Å². The van der Waals surface area contributed by atoms with Crippen LogP contribution in [0.1, 0.15) is 10.4 Å². The minimum Gasteiger partial charge on any atom is -0.355 e. The minimum atomic E-state index is -3.68. The normalized spacial score (nSPS) is 11.0. The summed E-state index contributed by atoms with van der Waals surface area (Å²) in [5.74, 6) is -0.336. The summed E-state index contributed by atoms with van der Waals surface area (Å²) in [6.07, 6.45) is 0. The first-order valence-corrected chi connectivity index (χ1v) is 7.89. The number of carbonyl (C=O) groups is 1. The van der Waals surface area contributed by atoms with Gasteiger partial charge >= 0.3 is 0 Å². The van der Waals surface area contributed by atoms with Gasteiger partial charge in [-0.3, -0.25) is 9.52 Å². The summed E-state index contributed by atoms with van der Waals surface area (Å²) in [6, 6.07) is 12.3. The SMILES string of the molecule is CNC(=O)c1ccc(NS(=O)(=O)c2ccccc2)cc1Cl. The lowest BCUT2D eigenvalue weighted by molar-refractivity contribution is 0.0963. The van der Waals surface area contributed by atoms with E-state index in [0.29, 0.717) is 0 Å². The van der Waals surface area contributed by atoms with E-state index in [0.717, 1.165) is 0 Å². The number of rotatable bonds is 4. The highest BCUT2D eigenvalue weighted by Gasteiger charge is 2.15. The smallest absolute Gasteiger partial charge is 0.261 e. The van der Waals surface area contributed by atoms with E-state index in [-0.39, 0.29) is 27.1 Å². The summed E-state index contributed by atoms with van der Waals surface area (Å²) >= 11 is 5.98. The molecule has 5 nitrogen and oxygen atoms in total. The van der Waals surface area contributed by atoms with Crippen molar-refractivity contribution in [2.75, 3.05) is 11.8 Å². The summed E-state index contributed by atoms with van der Waals surface area (Å²) < 4.78 is 26.7. The monoisotopic (exact) mass is 324 g/mol. The second-order valence-electron chi connectivity index (χ2n) is 4.19. The first-order valence-electron chi connectivity index (χ1n) is 6.03. The summed E-state index contributed by atoms with van der Waals surface area (Å²) in [6.45, 7) is 0. The van der Waals surface area contributed by atoms with Crippen molar-refractivity contribution >= 4 is 33.2 Å². The maximum absolute atomic E-state index is 12.2. The molecule has 1 amide bonds. The Balaban J connectivity index is 2.29. The fraction of sp³-hybridized carbons (Fsp3) is 0.0714. The van der Waals surface area contributed by atoms with Crippen molar-refractivity contribution in [1.82, 2.24) is 5.32 Å². The van der Waals surface area contributed by atoms with Crippen LogP contribution in [-0.4, -0.2) is 21.4 Å². The number of sulfonamides is 1. The number of nitrogens with one attached hydrogen (secondary N) is 2. The Morgan fingerprint density at radius 2 is 1.76 bits per heavy atom. The second-order valence-corrected chi connectivity index (χ2v) is 6.28. The van der Waals surface area contributed by atoms with Crippen molar-refractivity contribution in [2.24, 2.45) is 0 Å². The standard InChI is InChI=1S/C14H13ClN2O3S/c1-16-14(18)12-8-7-10(9-13(12)15)17-21(19,20)11-5-3-2-4-6-11/h2-9,17H,1H3,(H,16,18). The highest BCUT2D eigenvalue weighted by Crippen LogP contribution is 2.23. The third-order valence-corrected chi connectivity index (χ3v) is 4.46. The van der Waals surface area contributed by atoms with Crippen LogP contribution in [-0.2, 0) is 10.0 Å². The van der Waals surface area contributed by atoms with E-state index >= 15 is 0 Å². The fourth-order valence-electron chi connectivity index (χ4n) is 1.71. The van der Waals surface area contributed by atoms with Gasteiger partial charge in [0, 0.05) is 7.05 Å². The van der Waals surface area contributed by atoms with Crippen molar-refractivity contribution in [3.8, 4) is 0 Å². The van der Waals surface area contributed by atoms with E-state index in [1.165, 1.54) is 37.4 Å². The van der Waals surface area contributed by atoms with Crippen LogP contribution in [0.25, 0.3) is 0 Å². The molecule has 0 unspecified atom stereocenters. The van der Waals surface area contributed by atoms with Crippen LogP contribution in [0.2, 0.25) is 5.02 Å². The van der Waals surface area contributed by atoms with Crippen LogP contribution in [0.4, 0.5) is 5.69 Å². The molecule has 0 radical (unpaired) electrons. The zero-order valence-corrected chi connectivity index (χ0v) is 12.7. The van der Waals surface area contributed by atoms with Crippen molar-refractivity contribution in [1.29, 1.82) is 0 Å². The van der Waals surface area contributed by atoms with Crippen LogP contribution >= 0.6 is 11.6 Å². The highest BCUT2D eigenvalue weighted by atomic mass is 35.5. The molecule has 0 aromatic heterocycles. The molecule has 110 valence electrons. The van der Waals surface area contributed by atoms with Crippen molar-refractivity contribution in [2.45, 2.75) is 4.90 Å². The molecule has 0 fully saturated rings. The molecule has 0 bridgehead atoms. The average molecular weight is 325 g/mol. The summed E-state index contributed by atoms with van der Waals surface area (Å²) in [5.41, 5.74) is 0.568. The number of carbonyl (C=O) groups excluding carboxylic acids is 1. The molecule has 0 saturated heterocycles. The zero-order chi connectivity index (χ0) is 15.5. The molecule has 0 saturated carbocycles. The predicted octanol–water partition coefficient (Wildman–Crippen LogP) is 2.50. The molecule has 0 spiro atoms. The number of hydrogen-bond donors (Lipinski definition) is 2. The fourth-order valence-corrected chi connectivity index (χ4v) is 3.05. The van der Waals surface area contributed by atoms with Gasteiger partial charge in [-0.25, -0.2) is 8.42 Å². The number of halogens is 1. The highest BCUT2D eigenvalue weighted by molar-refractivity contribution is 7.92. The van der Waals surface area contributed by atoms with E-state index < -0.39 is 10.0 Å². The molecule has 0 aliphatic rings. The van der Waals surface area contributed by atoms with Crippen LogP contribution in [0.5, 0.6) is 0 Å². The number of anilines is 1. The van der Waals surface area contributed by atoms with Gasteiger partial charge in [0.15, 0.2) is 0 Å². The molecule has 2 N–H and O–H groups in total. The van der Waals surface area contributed by atoms with Crippen LogP contribution in [0.15, 0.2) is 53.4 Å². The maximum atomic E-state index is 12.2. The molecular weight excluding hydrogens is 312 g/mol. The Morgan fingerprint density at radius 3 is 2.33 bits per heavy atom. The molecule has 2 aromatic carbocycles. The van der Waals surface area contributed by atoms with Crippen molar-refractivity contribution in [3.05, 3.63) is 59.1 Å². The molecule has 0 atom stereocenters. The van der Waals surface area contributed by atoms with Gasteiger partial charge in [-0.1, -0.05) is 29.8 Å². The first-order chi connectivity index (χ1) is 9.94. The molecule has 0 aliphatic carbocycles. The molecule has 21 heavy (non-hydrogen) atoms. The van der Waals surface area contributed by atoms with Gasteiger partial charge in [0.1, 0.15) is 0 Å². The minimum absolute atomic E-state index is 0.150. The van der Waals surface area contributed by atoms with Crippen molar-refractivity contribution < 1.29 is 13.2 Å². The molecule has 7 heteroatoms. The largest absolute Gasteiger partial charge is 0.355 e.